The van der Waals surface area contributed by atoms with E-state index in [9.17, 15) is 35.9 Å². The van der Waals surface area contributed by atoms with E-state index in [0.29, 0.717) is 68.9 Å². The van der Waals surface area contributed by atoms with E-state index in [1.807, 2.05) is 0 Å². The smallest absolute Gasteiger partial charge is 0.308 e. The van der Waals surface area contributed by atoms with Crippen molar-refractivity contribution in [2.75, 3.05) is 19.7 Å². The lowest BCUT2D eigenvalue weighted by atomic mass is 9.80. The van der Waals surface area contributed by atoms with E-state index in [2.05, 4.69) is 15.5 Å². The van der Waals surface area contributed by atoms with E-state index >= 15 is 0 Å². The molecule has 1 N–H and O–H groups in total. The molecule has 3 aliphatic rings. The van der Waals surface area contributed by atoms with Gasteiger partial charge in [0.2, 0.25) is 5.91 Å². The molecule has 2 aliphatic heterocycles. The zero-order chi connectivity index (χ0) is 38.4. The highest BCUT2D eigenvalue weighted by molar-refractivity contribution is 5.85. The van der Waals surface area contributed by atoms with Crippen molar-refractivity contribution in [3.05, 3.63) is 105 Å². The third kappa shape index (κ3) is 10.7. The van der Waals surface area contributed by atoms with Crippen LogP contribution in [-0.2, 0) is 53.3 Å². The van der Waals surface area contributed by atoms with Gasteiger partial charge in [0.1, 0.15) is 23.0 Å². The van der Waals surface area contributed by atoms with E-state index in [1.54, 1.807) is 40.8 Å². The molecule has 1 amide bonds. The SMILES string of the molecule is C.CCOC(=O)C1CCC(CC(=O)N2CCc3c(C(F)F)nn(Cc4ccc(F)cc4)c3C2)CC1.Cl.Fc1ccc(Cn2nc(C(F)F)c3c2CNCC3)cc1. The Balaban J connectivity index is 0.000000271. The number of carbonyl (C=O) groups excluding carboxylic acids is 2. The summed E-state index contributed by atoms with van der Waals surface area (Å²) in [7, 11) is 0. The first kappa shape index (κ1) is 44.3. The highest BCUT2D eigenvalue weighted by atomic mass is 35.5. The fraction of sp³-hybridized carbons (Fsp3) is 0.500. The molecule has 1 fully saturated rings. The topological polar surface area (TPSA) is 94.3 Å². The Morgan fingerprint density at radius 1 is 0.804 bits per heavy atom. The predicted molar refractivity (Wildman–Crippen MR) is 201 cm³/mol. The highest BCUT2D eigenvalue weighted by Gasteiger charge is 2.33. The maximum Gasteiger partial charge on any atom is 0.308 e. The van der Waals surface area contributed by atoms with Gasteiger partial charge in [-0.3, -0.25) is 19.0 Å². The molecular weight excluding hydrogens is 762 g/mol. The number of nitrogens with one attached hydrogen (secondary N) is 1. The summed E-state index contributed by atoms with van der Waals surface area (Å²) >= 11 is 0. The average molecular weight is 811 g/mol. The molecule has 0 bridgehead atoms. The van der Waals surface area contributed by atoms with Gasteiger partial charge in [-0.1, -0.05) is 31.7 Å². The molecule has 1 aliphatic carbocycles. The Morgan fingerprint density at radius 2 is 1.32 bits per heavy atom. The summed E-state index contributed by atoms with van der Waals surface area (Å²) in [4.78, 5) is 26.7. The highest BCUT2D eigenvalue weighted by Crippen LogP contribution is 2.34. The summed E-state index contributed by atoms with van der Waals surface area (Å²) in [6.07, 6.45) is -0.918. The van der Waals surface area contributed by atoms with Crippen LogP contribution in [0.15, 0.2) is 48.5 Å². The van der Waals surface area contributed by atoms with E-state index in [1.165, 1.54) is 28.9 Å². The van der Waals surface area contributed by atoms with Crippen LogP contribution in [0.5, 0.6) is 0 Å². The maximum absolute atomic E-state index is 13.6. The van der Waals surface area contributed by atoms with Gasteiger partial charge in [0.05, 0.1) is 43.5 Å². The molecule has 0 saturated heterocycles. The third-order valence-electron chi connectivity index (χ3n) is 10.4. The second kappa shape index (κ2) is 20.2. The molecule has 0 radical (unpaired) electrons. The Kier molecular flexibility index (Phi) is 16.0. The van der Waals surface area contributed by atoms with Crippen molar-refractivity contribution >= 4 is 24.3 Å². The van der Waals surface area contributed by atoms with Crippen LogP contribution >= 0.6 is 12.4 Å². The number of fused-ring (bicyclic) bond motifs is 2. The fourth-order valence-corrected chi connectivity index (χ4v) is 7.54. The van der Waals surface area contributed by atoms with Crippen LogP contribution in [0.1, 0.15) is 104 Å². The predicted octanol–water partition coefficient (Wildman–Crippen LogP) is 8.36. The van der Waals surface area contributed by atoms with Gasteiger partial charge in [-0.25, -0.2) is 26.3 Å². The van der Waals surface area contributed by atoms with Crippen molar-refractivity contribution < 1.29 is 40.7 Å². The number of hydrogen-bond donors (Lipinski definition) is 1. The Bertz CT molecular complexity index is 1900. The number of benzene rings is 2. The lowest BCUT2D eigenvalue weighted by Crippen LogP contribution is -2.38. The Morgan fingerprint density at radius 3 is 1.84 bits per heavy atom. The number of amides is 1. The van der Waals surface area contributed by atoms with Crippen LogP contribution in [0.4, 0.5) is 26.3 Å². The van der Waals surface area contributed by atoms with E-state index < -0.39 is 12.9 Å². The summed E-state index contributed by atoms with van der Waals surface area (Å²) in [5.41, 5.74) is 3.81. The van der Waals surface area contributed by atoms with Crippen LogP contribution < -0.4 is 5.32 Å². The number of nitrogens with zero attached hydrogens (tertiary/aromatic N) is 5. The van der Waals surface area contributed by atoms with Crippen molar-refractivity contribution in [2.24, 2.45) is 11.8 Å². The lowest BCUT2D eigenvalue weighted by Gasteiger charge is -2.31. The lowest BCUT2D eigenvalue weighted by molar-refractivity contribution is -0.149. The number of ether oxygens (including phenoxy) is 1. The largest absolute Gasteiger partial charge is 0.466 e. The molecule has 0 spiro atoms. The molecule has 4 aromatic rings. The molecule has 9 nitrogen and oxygen atoms in total. The Hall–Kier alpha value is -4.37. The molecule has 2 aromatic carbocycles. The second-order valence-electron chi connectivity index (χ2n) is 14.0. The van der Waals surface area contributed by atoms with Gasteiger partial charge >= 0.3 is 5.97 Å². The van der Waals surface area contributed by atoms with Crippen molar-refractivity contribution in [1.29, 1.82) is 0 Å². The van der Waals surface area contributed by atoms with Crippen molar-refractivity contribution in [2.45, 2.75) is 98.3 Å². The van der Waals surface area contributed by atoms with Crippen molar-refractivity contribution in [3.8, 4) is 0 Å². The van der Waals surface area contributed by atoms with Gasteiger partial charge in [-0.2, -0.15) is 10.2 Å². The standard InChI is InChI=1S/C25H30F3N3O3.C14H14F3N3.CH4.ClH/c1-2-34-25(33)18-7-3-16(4-8-18)13-22(32)30-12-11-20-21(15-30)31(29-23(20)24(27)28)14-17-5-9-19(26)10-6-17;15-10-3-1-9(2-4-10)8-20-12-7-18-6-5-11(12)13(19-20)14(16)17;;/h5-6,9-10,16,18,24H,2-4,7-8,11-15H2,1H3;1-4,14,18H,5-8H2;1H4;1H. The molecule has 1 saturated carbocycles. The first-order chi connectivity index (χ1) is 26.0. The minimum absolute atomic E-state index is 0. The fourth-order valence-electron chi connectivity index (χ4n) is 7.54. The van der Waals surface area contributed by atoms with Gasteiger partial charge in [-0.15, -0.1) is 12.4 Å². The summed E-state index contributed by atoms with van der Waals surface area (Å²) in [6.45, 7) is 4.61. The van der Waals surface area contributed by atoms with Gasteiger partial charge in [0, 0.05) is 30.6 Å². The first-order valence-corrected chi connectivity index (χ1v) is 18.4. The van der Waals surface area contributed by atoms with Crippen LogP contribution in [0.25, 0.3) is 0 Å². The summed E-state index contributed by atoms with van der Waals surface area (Å²) in [5, 5.41) is 11.4. The summed E-state index contributed by atoms with van der Waals surface area (Å²) in [6, 6.07) is 11.9. The summed E-state index contributed by atoms with van der Waals surface area (Å²) < 4.78 is 87.6. The second-order valence-corrected chi connectivity index (χ2v) is 14.0. The maximum atomic E-state index is 13.6. The quantitative estimate of drug-likeness (QED) is 0.128. The molecule has 306 valence electrons. The number of alkyl halides is 4. The number of hydrogen-bond acceptors (Lipinski definition) is 6. The van der Waals surface area contributed by atoms with Gasteiger partial charge in [0.25, 0.3) is 12.9 Å². The Labute approximate surface area is 329 Å². The number of halogens is 7. The van der Waals surface area contributed by atoms with E-state index in [4.69, 9.17) is 4.74 Å². The third-order valence-corrected chi connectivity index (χ3v) is 10.4. The number of carbonyl (C=O) groups is 2. The molecule has 4 heterocycles. The van der Waals surface area contributed by atoms with Crippen LogP contribution in [0.2, 0.25) is 0 Å². The van der Waals surface area contributed by atoms with E-state index in [-0.39, 0.29) is 79.7 Å². The number of esters is 1. The minimum atomic E-state index is -2.69. The molecule has 2 aromatic heterocycles. The molecule has 56 heavy (non-hydrogen) atoms. The van der Waals surface area contributed by atoms with Crippen LogP contribution in [0, 0.1) is 23.5 Å². The summed E-state index contributed by atoms with van der Waals surface area (Å²) in [5.74, 6) is -0.713. The number of aromatic nitrogens is 4. The zero-order valence-electron chi connectivity index (χ0n) is 30.5. The molecular formula is C40H49ClF6N6O3. The first-order valence-electron chi connectivity index (χ1n) is 18.4. The molecule has 0 unspecified atom stereocenters. The number of rotatable bonds is 10. The van der Waals surface area contributed by atoms with Crippen LogP contribution in [0.3, 0.4) is 0 Å². The zero-order valence-corrected chi connectivity index (χ0v) is 31.3. The average Bonchev–Trinajstić information content (AvgIpc) is 3.72. The van der Waals surface area contributed by atoms with Gasteiger partial charge < -0.3 is 15.0 Å². The normalized spacial score (nSPS) is 17.6. The van der Waals surface area contributed by atoms with E-state index in [0.717, 1.165) is 42.5 Å². The van der Waals surface area contributed by atoms with Crippen LogP contribution in [-0.4, -0.2) is 56.0 Å². The molecule has 0 atom stereocenters. The molecule has 16 heteroatoms. The monoisotopic (exact) mass is 810 g/mol. The van der Waals surface area contributed by atoms with Crippen molar-refractivity contribution in [3.63, 3.8) is 0 Å². The van der Waals surface area contributed by atoms with Crippen molar-refractivity contribution in [1.82, 2.24) is 29.8 Å². The molecule has 7 rings (SSSR count). The minimum Gasteiger partial charge on any atom is -0.466 e. The van der Waals surface area contributed by atoms with Gasteiger partial charge in [-0.05, 0) is 93.3 Å². The van der Waals surface area contributed by atoms with Gasteiger partial charge in [0.15, 0.2) is 0 Å².